The van der Waals surface area contributed by atoms with Crippen molar-refractivity contribution in [2.45, 2.75) is 85.0 Å². The van der Waals surface area contributed by atoms with Crippen molar-refractivity contribution >= 4 is 0 Å². The van der Waals surface area contributed by atoms with E-state index in [0.717, 1.165) is 19.3 Å². The Morgan fingerprint density at radius 3 is 1.72 bits per heavy atom. The fourth-order valence-electron chi connectivity index (χ4n) is 3.67. The molecule has 6 heteroatoms. The van der Waals surface area contributed by atoms with Crippen LogP contribution in [0.4, 0.5) is 13.2 Å². The van der Waals surface area contributed by atoms with Crippen molar-refractivity contribution in [2.24, 2.45) is 5.92 Å². The Morgan fingerprint density at radius 2 is 1.24 bits per heavy atom. The van der Waals surface area contributed by atoms with Crippen LogP contribution in [-0.2, 0) is 20.6 Å². The van der Waals surface area contributed by atoms with E-state index < -0.39 is 29.3 Å². The number of hydrogen-bond acceptors (Lipinski definition) is 3. The van der Waals surface area contributed by atoms with Gasteiger partial charge >= 0.3 is 0 Å². The molecule has 0 N–H and O–H groups in total. The molecule has 0 amide bonds. The summed E-state index contributed by atoms with van der Waals surface area (Å²) in [7, 11) is 0. The summed E-state index contributed by atoms with van der Waals surface area (Å²) >= 11 is 0. The minimum Gasteiger partial charge on any atom is -0.328 e. The molecule has 0 saturated carbocycles. The second kappa shape index (κ2) is 14.0. The van der Waals surface area contributed by atoms with Crippen molar-refractivity contribution in [3.05, 3.63) is 35.1 Å². The molecule has 0 aromatic heterocycles. The Hall–Kier alpha value is -1.11. The van der Waals surface area contributed by atoms with Crippen molar-refractivity contribution in [3.63, 3.8) is 0 Å². The molecule has 168 valence electrons. The number of unbranched alkanes of at least 4 members (excludes halogenated alkanes) is 5. The van der Waals surface area contributed by atoms with Gasteiger partial charge in [-0.1, -0.05) is 45.4 Å². The molecule has 0 aliphatic heterocycles. The number of halogens is 3. The number of benzene rings is 1. The molecule has 0 fully saturated rings. The molecule has 0 heterocycles. The zero-order valence-corrected chi connectivity index (χ0v) is 18.4. The van der Waals surface area contributed by atoms with Crippen LogP contribution in [0.1, 0.15) is 78.2 Å². The number of hydrogen-bond donors (Lipinski definition) is 0. The Balaban J connectivity index is 3.08. The van der Waals surface area contributed by atoms with Gasteiger partial charge in [0, 0.05) is 43.4 Å². The van der Waals surface area contributed by atoms with E-state index in [0.29, 0.717) is 38.4 Å². The fourth-order valence-corrected chi connectivity index (χ4v) is 3.67. The summed E-state index contributed by atoms with van der Waals surface area (Å²) in [6.07, 6.45) is 7.19. The molecular formula is C23H37F3O3. The van der Waals surface area contributed by atoms with E-state index in [2.05, 4.69) is 6.92 Å². The average Bonchev–Trinajstić information content (AvgIpc) is 2.66. The van der Waals surface area contributed by atoms with E-state index in [1.165, 1.54) is 19.3 Å². The minimum atomic E-state index is -1.38. The third-order valence-corrected chi connectivity index (χ3v) is 5.00. The Labute approximate surface area is 173 Å². The van der Waals surface area contributed by atoms with E-state index >= 15 is 0 Å². The summed E-state index contributed by atoms with van der Waals surface area (Å²) in [5.41, 5.74) is -0.161. The number of ether oxygens (including phenoxy) is 3. The first-order valence-corrected chi connectivity index (χ1v) is 11.0. The van der Waals surface area contributed by atoms with Gasteiger partial charge in [-0.2, -0.15) is 0 Å². The quantitative estimate of drug-likeness (QED) is 0.219. The summed E-state index contributed by atoms with van der Waals surface area (Å²) in [6.45, 7) is 8.65. The molecule has 1 unspecified atom stereocenters. The van der Waals surface area contributed by atoms with E-state index in [-0.39, 0.29) is 12.0 Å². The van der Waals surface area contributed by atoms with Gasteiger partial charge in [0.2, 0.25) is 0 Å². The van der Waals surface area contributed by atoms with Crippen LogP contribution in [0.5, 0.6) is 0 Å². The molecule has 0 spiro atoms. The minimum absolute atomic E-state index is 0.00685. The maximum Gasteiger partial charge on any atom is 0.286 e. The lowest BCUT2D eigenvalue weighted by Gasteiger charge is -2.39. The Morgan fingerprint density at radius 1 is 0.759 bits per heavy atom. The molecule has 0 aliphatic carbocycles. The summed E-state index contributed by atoms with van der Waals surface area (Å²) in [6, 6.07) is 1.42. The number of rotatable bonds is 16. The summed E-state index contributed by atoms with van der Waals surface area (Å²) < 4.78 is 59.7. The SMILES string of the molecule is CCCCCCCCC(Cc1c(F)cc(F)cc1F)C(OCC)(OCC)OCC. The summed E-state index contributed by atoms with van der Waals surface area (Å²) in [4.78, 5) is 0. The predicted octanol–water partition coefficient (Wildman–Crippen LogP) is 6.78. The average molecular weight is 419 g/mol. The van der Waals surface area contributed by atoms with Crippen LogP contribution in [0.3, 0.4) is 0 Å². The lowest BCUT2D eigenvalue weighted by molar-refractivity contribution is -0.402. The van der Waals surface area contributed by atoms with Crippen LogP contribution in [0, 0.1) is 23.4 Å². The maximum atomic E-state index is 14.3. The van der Waals surface area contributed by atoms with Gasteiger partial charge in [-0.15, -0.1) is 0 Å². The monoisotopic (exact) mass is 418 g/mol. The lowest BCUT2D eigenvalue weighted by Crippen LogP contribution is -2.47. The van der Waals surface area contributed by atoms with E-state index in [1.54, 1.807) is 0 Å². The highest BCUT2D eigenvalue weighted by Gasteiger charge is 2.42. The van der Waals surface area contributed by atoms with Gasteiger partial charge in [-0.3, -0.25) is 0 Å². The smallest absolute Gasteiger partial charge is 0.286 e. The first-order valence-electron chi connectivity index (χ1n) is 11.0. The molecule has 1 aromatic rings. The molecule has 0 aliphatic rings. The maximum absolute atomic E-state index is 14.3. The van der Waals surface area contributed by atoms with Gasteiger partial charge in [0.1, 0.15) is 17.5 Å². The van der Waals surface area contributed by atoms with Crippen molar-refractivity contribution in [3.8, 4) is 0 Å². The molecule has 29 heavy (non-hydrogen) atoms. The van der Waals surface area contributed by atoms with Crippen molar-refractivity contribution in [1.29, 1.82) is 0 Å². The van der Waals surface area contributed by atoms with E-state index in [9.17, 15) is 13.2 Å². The third-order valence-electron chi connectivity index (χ3n) is 5.00. The van der Waals surface area contributed by atoms with Gasteiger partial charge in [0.05, 0.1) is 0 Å². The van der Waals surface area contributed by atoms with Gasteiger partial charge in [-0.25, -0.2) is 13.2 Å². The highest BCUT2D eigenvalue weighted by atomic mass is 19.1. The van der Waals surface area contributed by atoms with Crippen LogP contribution >= 0.6 is 0 Å². The van der Waals surface area contributed by atoms with Crippen molar-refractivity contribution in [1.82, 2.24) is 0 Å². The van der Waals surface area contributed by atoms with Gasteiger partial charge < -0.3 is 14.2 Å². The van der Waals surface area contributed by atoms with Crippen LogP contribution < -0.4 is 0 Å². The molecule has 0 radical (unpaired) electrons. The predicted molar refractivity (Wildman–Crippen MR) is 109 cm³/mol. The van der Waals surface area contributed by atoms with E-state index in [4.69, 9.17) is 14.2 Å². The lowest BCUT2D eigenvalue weighted by atomic mass is 9.90. The Kier molecular flexibility index (Phi) is 12.5. The molecule has 0 saturated heterocycles. The highest BCUT2D eigenvalue weighted by molar-refractivity contribution is 5.21. The van der Waals surface area contributed by atoms with Crippen molar-refractivity contribution in [2.75, 3.05) is 19.8 Å². The molecule has 1 atom stereocenters. The first-order chi connectivity index (χ1) is 13.9. The highest BCUT2D eigenvalue weighted by Crippen LogP contribution is 2.34. The van der Waals surface area contributed by atoms with Crippen LogP contribution in [0.25, 0.3) is 0 Å². The molecule has 0 bridgehead atoms. The summed E-state index contributed by atoms with van der Waals surface area (Å²) in [5, 5.41) is 0. The standard InChI is InChI=1S/C23H37F3O3/c1-5-9-10-11-12-13-14-18(23(27-6-2,28-7-3)29-8-4)15-20-21(25)16-19(24)17-22(20)26/h16-18H,5-15H2,1-4H3. The van der Waals surface area contributed by atoms with Crippen LogP contribution in [-0.4, -0.2) is 25.8 Å². The van der Waals surface area contributed by atoms with Crippen molar-refractivity contribution < 1.29 is 27.4 Å². The molecule has 3 nitrogen and oxygen atoms in total. The molecular weight excluding hydrogens is 381 g/mol. The first kappa shape index (κ1) is 25.9. The van der Waals surface area contributed by atoms with Gasteiger partial charge in [0.25, 0.3) is 5.97 Å². The zero-order chi connectivity index (χ0) is 21.7. The normalized spacial score (nSPS) is 13.1. The van der Waals surface area contributed by atoms with Crippen LogP contribution in [0.2, 0.25) is 0 Å². The summed E-state index contributed by atoms with van der Waals surface area (Å²) in [5.74, 6) is -4.53. The topological polar surface area (TPSA) is 27.7 Å². The Bertz CT molecular complexity index is 540. The molecule has 1 aromatic carbocycles. The third kappa shape index (κ3) is 8.27. The van der Waals surface area contributed by atoms with E-state index in [1.807, 2.05) is 20.8 Å². The van der Waals surface area contributed by atoms with Gasteiger partial charge in [0.15, 0.2) is 0 Å². The fraction of sp³-hybridized carbons (Fsp3) is 0.739. The molecule has 1 rings (SSSR count). The largest absolute Gasteiger partial charge is 0.328 e. The second-order valence-electron chi connectivity index (χ2n) is 7.21. The second-order valence-corrected chi connectivity index (χ2v) is 7.21. The van der Waals surface area contributed by atoms with Gasteiger partial charge in [-0.05, 0) is 33.6 Å². The van der Waals surface area contributed by atoms with Crippen LogP contribution in [0.15, 0.2) is 12.1 Å². The zero-order valence-electron chi connectivity index (χ0n) is 18.4.